The molecular formula is C24H21N5O2S. The summed E-state index contributed by atoms with van der Waals surface area (Å²) < 4.78 is 28.0. The minimum Gasteiger partial charge on any atom is -0.357 e. The molecule has 1 saturated heterocycles. The molecule has 0 unspecified atom stereocenters. The smallest absolute Gasteiger partial charge is 0.269 e. The summed E-state index contributed by atoms with van der Waals surface area (Å²) in [5.41, 5.74) is 2.10. The van der Waals surface area contributed by atoms with Crippen LogP contribution in [0.1, 0.15) is 25.0 Å². The molecule has 1 aromatic carbocycles. The normalized spacial score (nSPS) is 14.4. The first-order chi connectivity index (χ1) is 15.6. The molecule has 3 aromatic heterocycles. The number of nitrogens with zero attached hydrogens (tertiary/aromatic N) is 5. The van der Waals surface area contributed by atoms with E-state index in [4.69, 9.17) is 0 Å². The second-order valence-electron chi connectivity index (χ2n) is 7.79. The van der Waals surface area contributed by atoms with Gasteiger partial charge in [0.05, 0.1) is 4.90 Å². The van der Waals surface area contributed by atoms with Gasteiger partial charge in [-0.3, -0.25) is 0 Å². The molecule has 0 saturated carbocycles. The molecule has 1 aliphatic rings. The van der Waals surface area contributed by atoms with Gasteiger partial charge in [0, 0.05) is 36.4 Å². The number of rotatable bonds is 4. The Kier molecular flexibility index (Phi) is 5.11. The van der Waals surface area contributed by atoms with Crippen molar-refractivity contribution in [2.45, 2.75) is 24.2 Å². The number of hydrogen-bond acceptors (Lipinski definition) is 6. The fourth-order valence-corrected chi connectivity index (χ4v) is 5.51. The number of piperidine rings is 1. The Morgan fingerprint density at radius 3 is 2.50 bits per heavy atom. The zero-order valence-electron chi connectivity index (χ0n) is 17.3. The Morgan fingerprint density at radius 2 is 1.75 bits per heavy atom. The SMILES string of the molecule is N#Cc1cc(-c2cn(S(=O)(=O)c3ccccc3)c3ncccc23)cc(N2CCCCC2)n1. The third kappa shape index (κ3) is 3.51. The first-order valence-corrected chi connectivity index (χ1v) is 12.0. The number of hydrogen-bond donors (Lipinski definition) is 0. The van der Waals surface area contributed by atoms with E-state index in [1.54, 1.807) is 54.9 Å². The summed E-state index contributed by atoms with van der Waals surface area (Å²) in [7, 11) is -3.84. The highest BCUT2D eigenvalue weighted by Gasteiger charge is 2.23. The molecule has 8 heteroatoms. The zero-order valence-corrected chi connectivity index (χ0v) is 18.2. The average Bonchev–Trinajstić information content (AvgIpc) is 3.25. The van der Waals surface area contributed by atoms with Crippen molar-refractivity contribution in [3.05, 3.63) is 72.7 Å². The van der Waals surface area contributed by atoms with Gasteiger partial charge in [-0.2, -0.15) is 5.26 Å². The molecule has 0 bridgehead atoms. The number of aromatic nitrogens is 3. The first kappa shape index (κ1) is 20.2. The maximum atomic E-state index is 13.4. The molecule has 0 spiro atoms. The number of nitriles is 1. The van der Waals surface area contributed by atoms with Crippen LogP contribution in [-0.2, 0) is 10.0 Å². The number of benzene rings is 1. The van der Waals surface area contributed by atoms with Crippen molar-refractivity contribution in [1.82, 2.24) is 13.9 Å². The van der Waals surface area contributed by atoms with Crippen LogP contribution in [0.4, 0.5) is 5.82 Å². The van der Waals surface area contributed by atoms with Gasteiger partial charge in [0.1, 0.15) is 17.6 Å². The van der Waals surface area contributed by atoms with E-state index in [0.29, 0.717) is 22.3 Å². The summed E-state index contributed by atoms with van der Waals surface area (Å²) in [5, 5.41) is 10.3. The average molecular weight is 444 g/mol. The monoisotopic (exact) mass is 443 g/mol. The van der Waals surface area contributed by atoms with E-state index in [1.807, 2.05) is 12.1 Å². The molecule has 5 rings (SSSR count). The molecule has 0 radical (unpaired) electrons. The van der Waals surface area contributed by atoms with Crippen molar-refractivity contribution in [3.63, 3.8) is 0 Å². The van der Waals surface area contributed by atoms with Crippen LogP contribution in [0.25, 0.3) is 22.2 Å². The summed E-state index contributed by atoms with van der Waals surface area (Å²) in [4.78, 5) is 11.3. The largest absolute Gasteiger partial charge is 0.357 e. The van der Waals surface area contributed by atoms with Gasteiger partial charge in [-0.15, -0.1) is 0 Å². The zero-order chi connectivity index (χ0) is 22.1. The quantitative estimate of drug-likeness (QED) is 0.469. The van der Waals surface area contributed by atoms with Crippen LogP contribution in [0, 0.1) is 11.3 Å². The van der Waals surface area contributed by atoms with Crippen molar-refractivity contribution in [3.8, 4) is 17.2 Å². The second kappa shape index (κ2) is 8.09. The molecule has 160 valence electrons. The minimum absolute atomic E-state index is 0.190. The fraction of sp³-hybridized carbons (Fsp3) is 0.208. The highest BCUT2D eigenvalue weighted by molar-refractivity contribution is 7.90. The van der Waals surface area contributed by atoms with Crippen LogP contribution in [-0.4, -0.2) is 35.4 Å². The molecule has 4 heterocycles. The van der Waals surface area contributed by atoms with Gasteiger partial charge in [0.15, 0.2) is 5.65 Å². The molecule has 0 atom stereocenters. The molecule has 4 aromatic rings. The number of anilines is 1. The lowest BCUT2D eigenvalue weighted by molar-refractivity contribution is 0.573. The predicted molar refractivity (Wildman–Crippen MR) is 123 cm³/mol. The summed E-state index contributed by atoms with van der Waals surface area (Å²) in [6.07, 6.45) is 6.54. The summed E-state index contributed by atoms with van der Waals surface area (Å²) in [5.74, 6) is 0.745. The minimum atomic E-state index is -3.84. The van der Waals surface area contributed by atoms with E-state index in [1.165, 1.54) is 10.4 Å². The van der Waals surface area contributed by atoms with E-state index < -0.39 is 10.0 Å². The van der Waals surface area contributed by atoms with E-state index in [9.17, 15) is 13.7 Å². The van der Waals surface area contributed by atoms with Crippen molar-refractivity contribution in [1.29, 1.82) is 5.26 Å². The van der Waals surface area contributed by atoms with Crippen molar-refractivity contribution >= 4 is 26.9 Å². The van der Waals surface area contributed by atoms with Gasteiger partial charge in [0.2, 0.25) is 0 Å². The van der Waals surface area contributed by atoms with E-state index >= 15 is 0 Å². The number of fused-ring (bicyclic) bond motifs is 1. The molecule has 0 aliphatic carbocycles. The molecular weight excluding hydrogens is 422 g/mol. The Morgan fingerprint density at radius 1 is 0.969 bits per heavy atom. The second-order valence-corrected chi connectivity index (χ2v) is 9.60. The summed E-state index contributed by atoms with van der Waals surface area (Å²) in [6, 6.07) is 17.7. The highest BCUT2D eigenvalue weighted by atomic mass is 32.2. The van der Waals surface area contributed by atoms with Crippen LogP contribution in [0.15, 0.2) is 71.9 Å². The van der Waals surface area contributed by atoms with Crippen LogP contribution in [0.3, 0.4) is 0 Å². The van der Waals surface area contributed by atoms with Gasteiger partial charge in [0.25, 0.3) is 10.0 Å². The molecule has 7 nitrogen and oxygen atoms in total. The van der Waals surface area contributed by atoms with Gasteiger partial charge >= 0.3 is 0 Å². The topological polar surface area (TPSA) is 91.9 Å². The highest BCUT2D eigenvalue weighted by Crippen LogP contribution is 2.34. The molecule has 32 heavy (non-hydrogen) atoms. The van der Waals surface area contributed by atoms with Gasteiger partial charge < -0.3 is 4.90 Å². The van der Waals surface area contributed by atoms with E-state index in [0.717, 1.165) is 37.3 Å². The standard InChI is InChI=1S/C24H21N5O2S/c25-16-19-14-18(15-23(27-19)28-12-5-2-6-13-28)22-17-29(24-21(22)10-7-11-26-24)32(30,31)20-8-3-1-4-9-20/h1,3-4,7-11,14-15,17H,2,5-6,12-13H2. The van der Waals surface area contributed by atoms with Crippen LogP contribution < -0.4 is 4.90 Å². The first-order valence-electron chi connectivity index (χ1n) is 10.5. The predicted octanol–water partition coefficient (Wildman–Crippen LogP) is 4.20. The lowest BCUT2D eigenvalue weighted by Gasteiger charge is -2.28. The maximum Gasteiger partial charge on any atom is 0.269 e. The van der Waals surface area contributed by atoms with Crippen LogP contribution in [0.5, 0.6) is 0 Å². The summed E-state index contributed by atoms with van der Waals surface area (Å²) in [6.45, 7) is 1.79. The van der Waals surface area contributed by atoms with Crippen molar-refractivity contribution in [2.75, 3.05) is 18.0 Å². The fourth-order valence-electron chi connectivity index (χ4n) is 4.16. The number of pyridine rings is 2. The molecule has 1 fully saturated rings. The Hall–Kier alpha value is -3.70. The van der Waals surface area contributed by atoms with Crippen LogP contribution in [0.2, 0.25) is 0 Å². The van der Waals surface area contributed by atoms with Crippen molar-refractivity contribution < 1.29 is 8.42 Å². The van der Waals surface area contributed by atoms with Gasteiger partial charge in [-0.05, 0) is 61.2 Å². The van der Waals surface area contributed by atoms with Gasteiger partial charge in [-0.25, -0.2) is 22.4 Å². The van der Waals surface area contributed by atoms with Gasteiger partial charge in [-0.1, -0.05) is 18.2 Å². The third-order valence-electron chi connectivity index (χ3n) is 5.75. The van der Waals surface area contributed by atoms with Crippen molar-refractivity contribution in [2.24, 2.45) is 0 Å². The Labute approximate surface area is 186 Å². The lowest BCUT2D eigenvalue weighted by atomic mass is 10.1. The van der Waals surface area contributed by atoms with Crippen LogP contribution >= 0.6 is 0 Å². The van der Waals surface area contributed by atoms with E-state index in [2.05, 4.69) is 20.9 Å². The molecule has 0 amide bonds. The third-order valence-corrected chi connectivity index (χ3v) is 7.41. The molecule has 0 N–H and O–H groups in total. The summed E-state index contributed by atoms with van der Waals surface area (Å²) >= 11 is 0. The Balaban J connectivity index is 1.70. The van der Waals surface area contributed by atoms with E-state index in [-0.39, 0.29) is 4.90 Å². The maximum absolute atomic E-state index is 13.4. The lowest BCUT2D eigenvalue weighted by Crippen LogP contribution is -2.30. The molecule has 1 aliphatic heterocycles. The Bertz CT molecular complexity index is 1430.